The summed E-state index contributed by atoms with van der Waals surface area (Å²) >= 11 is 0. The Morgan fingerprint density at radius 2 is 1.35 bits per heavy atom. The van der Waals surface area contributed by atoms with Gasteiger partial charge < -0.3 is 50.0 Å². The third-order valence-corrected chi connectivity index (χ3v) is 3.95. The minimum absolute atomic E-state index is 0.687. The summed E-state index contributed by atoms with van der Waals surface area (Å²) in [6.07, 6.45) is -16.8. The van der Waals surface area contributed by atoms with Crippen LogP contribution in [0, 0.1) is 0 Å². The molecule has 0 amide bonds. The highest BCUT2D eigenvalue weighted by Gasteiger charge is 2.50. The van der Waals surface area contributed by atoms with E-state index in [1.165, 1.54) is 0 Å². The first-order valence-electron chi connectivity index (χ1n) is 7.04. The predicted molar refractivity (Wildman–Crippen MR) is 67.5 cm³/mol. The molecule has 0 bridgehead atoms. The van der Waals surface area contributed by atoms with E-state index < -0.39 is 74.7 Å². The van der Waals surface area contributed by atoms with Crippen molar-refractivity contribution in [3.63, 3.8) is 0 Å². The Labute approximate surface area is 130 Å². The van der Waals surface area contributed by atoms with Crippen LogP contribution in [0.25, 0.3) is 0 Å². The monoisotopic (exact) mass is 344 g/mol. The smallest absolute Gasteiger partial charge is 0.228 e. The molecular formula is C12H21FO10. The molecule has 10 atom stereocenters. The molecule has 0 aromatic carbocycles. The van der Waals surface area contributed by atoms with Gasteiger partial charge in [-0.3, -0.25) is 0 Å². The minimum atomic E-state index is -2.24. The predicted octanol–water partition coefficient (Wildman–Crippen LogP) is -4.42. The molecule has 0 saturated carbocycles. The molecule has 2 heterocycles. The second-order valence-electron chi connectivity index (χ2n) is 5.49. The fourth-order valence-electron chi connectivity index (χ4n) is 2.54. The van der Waals surface area contributed by atoms with Crippen molar-refractivity contribution < 1.29 is 54.3 Å². The topological polar surface area (TPSA) is 169 Å². The molecule has 0 aromatic rings. The quantitative estimate of drug-likeness (QED) is 0.264. The fraction of sp³-hybridized carbons (Fsp3) is 1.00. The normalized spacial score (nSPS) is 51.7. The van der Waals surface area contributed by atoms with Gasteiger partial charge in [0.15, 0.2) is 6.29 Å². The molecule has 0 aliphatic carbocycles. The average molecular weight is 344 g/mol. The highest BCUT2D eigenvalue weighted by molar-refractivity contribution is 4.93. The zero-order valence-corrected chi connectivity index (χ0v) is 11.9. The lowest BCUT2D eigenvalue weighted by molar-refractivity contribution is -0.349. The molecule has 136 valence electrons. The van der Waals surface area contributed by atoms with Crippen LogP contribution in [0.2, 0.25) is 0 Å². The molecule has 0 unspecified atom stereocenters. The number of hydrogen-bond donors (Lipinski definition) is 7. The number of aliphatic hydroxyl groups is 7. The van der Waals surface area contributed by atoms with Gasteiger partial charge in [0.2, 0.25) is 6.36 Å². The maximum Gasteiger partial charge on any atom is 0.228 e. The molecule has 0 radical (unpaired) electrons. The molecule has 2 rings (SSSR count). The van der Waals surface area contributed by atoms with Crippen LogP contribution in [0.1, 0.15) is 0 Å². The summed E-state index contributed by atoms with van der Waals surface area (Å²) in [5, 5.41) is 66.8. The van der Waals surface area contributed by atoms with E-state index >= 15 is 0 Å². The van der Waals surface area contributed by atoms with Gasteiger partial charge >= 0.3 is 0 Å². The van der Waals surface area contributed by atoms with Gasteiger partial charge in [-0.25, -0.2) is 4.39 Å². The Bertz CT molecular complexity index is 383. The van der Waals surface area contributed by atoms with Crippen molar-refractivity contribution in [2.75, 3.05) is 13.2 Å². The summed E-state index contributed by atoms with van der Waals surface area (Å²) in [5.41, 5.74) is 0. The Hall–Kier alpha value is -0.470. The van der Waals surface area contributed by atoms with E-state index in [-0.39, 0.29) is 0 Å². The van der Waals surface area contributed by atoms with Gasteiger partial charge in [-0.1, -0.05) is 0 Å². The molecule has 2 fully saturated rings. The molecule has 0 spiro atoms. The zero-order chi connectivity index (χ0) is 17.3. The highest BCUT2D eigenvalue weighted by atomic mass is 19.1. The third kappa shape index (κ3) is 3.64. The summed E-state index contributed by atoms with van der Waals surface area (Å²) in [5.74, 6) is 0. The van der Waals surface area contributed by atoms with Gasteiger partial charge in [0.25, 0.3) is 0 Å². The molecule has 7 N–H and O–H groups in total. The van der Waals surface area contributed by atoms with Crippen LogP contribution in [-0.2, 0) is 14.2 Å². The Morgan fingerprint density at radius 3 is 1.91 bits per heavy atom. The van der Waals surface area contributed by atoms with Gasteiger partial charge in [0, 0.05) is 0 Å². The SMILES string of the molecule is OC[C@H]1O[C@@H](O[C@H]2[C@H](O)[C@H](O)[C@@H](F)O[C@@H]2CO)[C@@H](O)[C@@H](O)[C@@H]1O. The Morgan fingerprint density at radius 1 is 0.739 bits per heavy atom. The van der Waals surface area contributed by atoms with E-state index in [0.29, 0.717) is 0 Å². The largest absolute Gasteiger partial charge is 0.394 e. The van der Waals surface area contributed by atoms with E-state index in [1.54, 1.807) is 0 Å². The number of alkyl halides is 1. The first kappa shape index (κ1) is 18.9. The van der Waals surface area contributed by atoms with Crippen molar-refractivity contribution in [2.24, 2.45) is 0 Å². The summed E-state index contributed by atoms with van der Waals surface area (Å²) in [7, 11) is 0. The van der Waals surface area contributed by atoms with E-state index in [0.717, 1.165) is 0 Å². The zero-order valence-electron chi connectivity index (χ0n) is 11.9. The molecule has 2 aliphatic rings. The number of ether oxygens (including phenoxy) is 3. The lowest BCUT2D eigenvalue weighted by Crippen LogP contribution is -2.64. The molecular weight excluding hydrogens is 323 g/mol. The van der Waals surface area contributed by atoms with Crippen molar-refractivity contribution in [1.82, 2.24) is 0 Å². The maximum absolute atomic E-state index is 13.3. The van der Waals surface area contributed by atoms with Crippen LogP contribution in [-0.4, -0.2) is 110 Å². The van der Waals surface area contributed by atoms with Crippen LogP contribution >= 0.6 is 0 Å². The lowest BCUT2D eigenvalue weighted by Gasteiger charge is -2.44. The first-order valence-corrected chi connectivity index (χ1v) is 7.04. The fourth-order valence-corrected chi connectivity index (χ4v) is 2.54. The van der Waals surface area contributed by atoms with Gasteiger partial charge in [0.05, 0.1) is 13.2 Å². The number of aliphatic hydroxyl groups excluding tert-OH is 7. The van der Waals surface area contributed by atoms with Crippen LogP contribution in [0.3, 0.4) is 0 Å². The minimum Gasteiger partial charge on any atom is -0.394 e. The molecule has 2 saturated heterocycles. The van der Waals surface area contributed by atoms with Gasteiger partial charge in [-0.05, 0) is 0 Å². The Kier molecular flexibility index (Phi) is 6.24. The van der Waals surface area contributed by atoms with Crippen molar-refractivity contribution in [1.29, 1.82) is 0 Å². The van der Waals surface area contributed by atoms with Crippen molar-refractivity contribution in [3.05, 3.63) is 0 Å². The number of hydrogen-bond acceptors (Lipinski definition) is 10. The van der Waals surface area contributed by atoms with Crippen LogP contribution in [0.5, 0.6) is 0 Å². The Balaban J connectivity index is 2.11. The molecule has 0 aromatic heterocycles. The molecule has 23 heavy (non-hydrogen) atoms. The number of rotatable bonds is 4. The summed E-state index contributed by atoms with van der Waals surface area (Å²) in [4.78, 5) is 0. The maximum atomic E-state index is 13.3. The van der Waals surface area contributed by atoms with Gasteiger partial charge in [0.1, 0.15) is 48.8 Å². The van der Waals surface area contributed by atoms with Gasteiger partial charge in [-0.2, -0.15) is 0 Å². The average Bonchev–Trinajstić information content (AvgIpc) is 2.55. The molecule has 11 heteroatoms. The lowest BCUT2D eigenvalue weighted by atomic mass is 9.97. The van der Waals surface area contributed by atoms with Gasteiger partial charge in [-0.15, -0.1) is 0 Å². The second kappa shape index (κ2) is 7.61. The van der Waals surface area contributed by atoms with Crippen molar-refractivity contribution in [3.8, 4) is 0 Å². The van der Waals surface area contributed by atoms with Crippen LogP contribution in [0.15, 0.2) is 0 Å². The standard InChI is InChI=1S/C12H21FO10/c13-11-8(19)7(18)10(4(2-15)21-11)23-12-9(20)6(17)5(16)3(1-14)22-12/h3-12,14-20H,1-2H2/t3-,4-,5-,6+,7-,8+,9+,10-,11+,12+/m1/s1. The van der Waals surface area contributed by atoms with E-state index in [9.17, 15) is 35.0 Å². The van der Waals surface area contributed by atoms with Crippen LogP contribution < -0.4 is 0 Å². The van der Waals surface area contributed by atoms with Crippen molar-refractivity contribution in [2.45, 2.75) is 61.5 Å². The van der Waals surface area contributed by atoms with Crippen LogP contribution in [0.4, 0.5) is 4.39 Å². The molecule has 2 aliphatic heterocycles. The second-order valence-corrected chi connectivity index (χ2v) is 5.49. The summed E-state index contributed by atoms with van der Waals surface area (Å²) < 4.78 is 28.3. The number of halogens is 1. The van der Waals surface area contributed by atoms with Crippen molar-refractivity contribution >= 4 is 0 Å². The highest BCUT2D eigenvalue weighted by Crippen LogP contribution is 2.29. The van der Waals surface area contributed by atoms with E-state index in [2.05, 4.69) is 4.74 Å². The molecule has 10 nitrogen and oxygen atoms in total. The summed E-state index contributed by atoms with van der Waals surface area (Å²) in [6, 6.07) is 0. The van der Waals surface area contributed by atoms with E-state index in [4.69, 9.17) is 14.6 Å². The summed E-state index contributed by atoms with van der Waals surface area (Å²) in [6.45, 7) is -1.45. The van der Waals surface area contributed by atoms with E-state index in [1.807, 2.05) is 0 Å². The third-order valence-electron chi connectivity index (χ3n) is 3.95. The first-order chi connectivity index (χ1) is 10.8.